The summed E-state index contributed by atoms with van der Waals surface area (Å²) in [6, 6.07) is 12.8. The van der Waals surface area contributed by atoms with Crippen molar-refractivity contribution in [2.45, 2.75) is 10.9 Å². The number of fused-ring (bicyclic) bond motifs is 1. The summed E-state index contributed by atoms with van der Waals surface area (Å²) < 4.78 is 0. The van der Waals surface area contributed by atoms with Crippen LogP contribution in [0.25, 0.3) is 11.0 Å². The first-order valence-electron chi connectivity index (χ1n) is 6.61. The van der Waals surface area contributed by atoms with Gasteiger partial charge in [-0.25, -0.2) is 9.97 Å². The van der Waals surface area contributed by atoms with Crippen molar-refractivity contribution in [3.63, 3.8) is 0 Å². The van der Waals surface area contributed by atoms with Gasteiger partial charge in [-0.2, -0.15) is 5.26 Å². The summed E-state index contributed by atoms with van der Waals surface area (Å²) in [6.07, 6.45) is 3.46. The van der Waals surface area contributed by atoms with Crippen LogP contribution in [0.5, 0.6) is 0 Å². The van der Waals surface area contributed by atoms with Gasteiger partial charge in [0.15, 0.2) is 11.7 Å². The fourth-order valence-corrected chi connectivity index (χ4v) is 2.61. The van der Waals surface area contributed by atoms with E-state index in [-0.39, 0.29) is 5.78 Å². The quantitative estimate of drug-likeness (QED) is 0.591. The van der Waals surface area contributed by atoms with Crippen LogP contribution in [-0.2, 0) is 0 Å². The number of hydrogen-bond acceptors (Lipinski definition) is 5. The van der Waals surface area contributed by atoms with Gasteiger partial charge in [0, 0.05) is 11.8 Å². The number of nitriles is 1. The smallest absolute Gasteiger partial charge is 0.187 e. The first-order chi connectivity index (χ1) is 10.7. The van der Waals surface area contributed by atoms with E-state index in [9.17, 15) is 10.1 Å². The van der Waals surface area contributed by atoms with Crippen LogP contribution in [0.4, 0.5) is 0 Å². The highest BCUT2D eigenvalue weighted by molar-refractivity contribution is 7.98. The van der Waals surface area contributed by atoms with Crippen LogP contribution >= 0.6 is 11.8 Å². The van der Waals surface area contributed by atoms with Crippen molar-refractivity contribution < 1.29 is 4.79 Å². The van der Waals surface area contributed by atoms with Crippen molar-refractivity contribution >= 4 is 28.6 Å². The minimum atomic E-state index is -0.954. The van der Waals surface area contributed by atoms with E-state index in [0.29, 0.717) is 11.4 Å². The molecule has 0 aliphatic rings. The number of carbonyl (C=O) groups excluding carboxylic acids is 1. The SMILES string of the molecule is CSc1cc(C(=O)C(C#N)c2nc3ccccc3[nH]2)ccn1. The third-order valence-electron chi connectivity index (χ3n) is 3.30. The third kappa shape index (κ3) is 2.59. The number of carbonyl (C=O) groups is 1. The summed E-state index contributed by atoms with van der Waals surface area (Å²) in [6.45, 7) is 0. The number of benzene rings is 1. The Morgan fingerprint density at radius 3 is 2.91 bits per heavy atom. The molecule has 0 spiro atoms. The number of H-pyrrole nitrogens is 1. The molecule has 3 rings (SSSR count). The minimum Gasteiger partial charge on any atom is -0.340 e. The van der Waals surface area contributed by atoms with Crippen molar-refractivity contribution in [1.29, 1.82) is 5.26 Å². The zero-order valence-electron chi connectivity index (χ0n) is 11.8. The highest BCUT2D eigenvalue weighted by Gasteiger charge is 2.25. The number of pyridine rings is 1. The molecule has 0 radical (unpaired) electrons. The summed E-state index contributed by atoms with van der Waals surface area (Å²) in [7, 11) is 0. The van der Waals surface area contributed by atoms with Crippen LogP contribution < -0.4 is 0 Å². The molecule has 2 heterocycles. The molecule has 0 bridgehead atoms. The summed E-state index contributed by atoms with van der Waals surface area (Å²) in [5, 5.41) is 10.2. The zero-order chi connectivity index (χ0) is 15.5. The Bertz CT molecular complexity index is 848. The number of rotatable bonds is 4. The molecule has 0 saturated heterocycles. The van der Waals surface area contributed by atoms with E-state index in [1.807, 2.05) is 36.6 Å². The molecule has 1 aromatic carbocycles. The molecule has 108 valence electrons. The van der Waals surface area contributed by atoms with Gasteiger partial charge in [-0.05, 0) is 30.5 Å². The maximum atomic E-state index is 12.6. The van der Waals surface area contributed by atoms with Crippen LogP contribution in [0.3, 0.4) is 0 Å². The molecule has 22 heavy (non-hydrogen) atoms. The lowest BCUT2D eigenvalue weighted by Crippen LogP contribution is -2.13. The average Bonchev–Trinajstić information content (AvgIpc) is 2.99. The van der Waals surface area contributed by atoms with Gasteiger partial charge in [-0.1, -0.05) is 12.1 Å². The van der Waals surface area contributed by atoms with E-state index in [1.54, 1.807) is 18.3 Å². The lowest BCUT2D eigenvalue weighted by Gasteiger charge is -2.06. The highest BCUT2D eigenvalue weighted by atomic mass is 32.2. The molecule has 0 fully saturated rings. The summed E-state index contributed by atoms with van der Waals surface area (Å²) >= 11 is 1.45. The first kappa shape index (κ1) is 14.3. The second kappa shape index (κ2) is 6.00. The molecule has 5 nitrogen and oxygen atoms in total. The monoisotopic (exact) mass is 308 g/mol. The molecule has 6 heteroatoms. The molecule has 2 aromatic heterocycles. The van der Waals surface area contributed by atoms with Gasteiger partial charge in [0.25, 0.3) is 0 Å². The van der Waals surface area contributed by atoms with Gasteiger partial charge >= 0.3 is 0 Å². The lowest BCUT2D eigenvalue weighted by atomic mass is 9.99. The van der Waals surface area contributed by atoms with Crippen LogP contribution in [0.1, 0.15) is 22.1 Å². The van der Waals surface area contributed by atoms with E-state index in [1.165, 1.54) is 11.8 Å². The summed E-state index contributed by atoms with van der Waals surface area (Å²) in [4.78, 5) is 24.1. The lowest BCUT2D eigenvalue weighted by molar-refractivity contribution is 0.0976. The Morgan fingerprint density at radius 1 is 1.36 bits per heavy atom. The van der Waals surface area contributed by atoms with Gasteiger partial charge in [-0.3, -0.25) is 4.79 Å². The molecule has 0 amide bonds. The number of imidazole rings is 1. The Morgan fingerprint density at radius 2 is 2.18 bits per heavy atom. The van der Waals surface area contributed by atoms with Gasteiger partial charge in [0.2, 0.25) is 0 Å². The molecule has 0 aliphatic carbocycles. The van der Waals surface area contributed by atoms with E-state index < -0.39 is 5.92 Å². The number of Topliss-reactive ketones (excluding diaryl/α,β-unsaturated/α-hetero) is 1. The van der Waals surface area contributed by atoms with Gasteiger partial charge < -0.3 is 4.98 Å². The number of thioether (sulfide) groups is 1. The van der Waals surface area contributed by atoms with Gasteiger partial charge in [0.1, 0.15) is 5.82 Å². The van der Waals surface area contributed by atoms with E-state index >= 15 is 0 Å². The number of hydrogen-bond donors (Lipinski definition) is 1. The van der Waals surface area contributed by atoms with Gasteiger partial charge in [-0.15, -0.1) is 11.8 Å². The predicted octanol–water partition coefficient (Wildman–Crippen LogP) is 3.17. The number of nitrogens with zero attached hydrogens (tertiary/aromatic N) is 3. The van der Waals surface area contributed by atoms with Crippen LogP contribution in [0, 0.1) is 11.3 Å². The number of aromatic amines is 1. The average molecular weight is 308 g/mol. The van der Waals surface area contributed by atoms with Crippen molar-refractivity contribution in [3.05, 3.63) is 54.0 Å². The fraction of sp³-hybridized carbons (Fsp3) is 0.125. The second-order valence-corrected chi connectivity index (χ2v) is 5.48. The Hall–Kier alpha value is -2.65. The minimum absolute atomic E-state index is 0.278. The summed E-state index contributed by atoms with van der Waals surface area (Å²) in [5.74, 6) is -0.861. The molecule has 0 saturated carbocycles. The topological polar surface area (TPSA) is 82.4 Å². The zero-order valence-corrected chi connectivity index (χ0v) is 12.6. The fourth-order valence-electron chi connectivity index (χ4n) is 2.19. The molecule has 1 unspecified atom stereocenters. The Labute approximate surface area is 131 Å². The maximum absolute atomic E-state index is 12.6. The van der Waals surface area contributed by atoms with Crippen LogP contribution in [0.15, 0.2) is 47.6 Å². The van der Waals surface area contributed by atoms with Crippen molar-refractivity contribution in [3.8, 4) is 6.07 Å². The summed E-state index contributed by atoms with van der Waals surface area (Å²) in [5.41, 5.74) is 2.02. The molecular weight excluding hydrogens is 296 g/mol. The molecule has 0 aliphatic heterocycles. The molecule has 1 atom stereocenters. The van der Waals surface area contributed by atoms with Crippen molar-refractivity contribution in [1.82, 2.24) is 15.0 Å². The molecular formula is C16H12N4OS. The van der Waals surface area contributed by atoms with E-state index in [2.05, 4.69) is 15.0 Å². The Kier molecular flexibility index (Phi) is 3.90. The standard InChI is InChI=1S/C16H12N4OS/c1-22-14-8-10(6-7-18-14)15(21)11(9-17)16-19-12-4-2-3-5-13(12)20-16/h2-8,11H,1H3,(H,19,20). The largest absolute Gasteiger partial charge is 0.340 e. The van der Waals surface area contributed by atoms with Crippen molar-refractivity contribution in [2.75, 3.05) is 6.26 Å². The van der Waals surface area contributed by atoms with Gasteiger partial charge in [0.05, 0.1) is 22.1 Å². The Balaban J connectivity index is 1.99. The van der Waals surface area contributed by atoms with Crippen LogP contribution in [-0.4, -0.2) is 27.0 Å². The van der Waals surface area contributed by atoms with Crippen molar-refractivity contribution in [2.24, 2.45) is 0 Å². The maximum Gasteiger partial charge on any atom is 0.187 e. The molecule has 3 aromatic rings. The second-order valence-electron chi connectivity index (χ2n) is 4.65. The predicted molar refractivity (Wildman–Crippen MR) is 84.8 cm³/mol. The normalized spacial score (nSPS) is 12.0. The van der Waals surface area contributed by atoms with E-state index in [0.717, 1.165) is 16.1 Å². The third-order valence-corrected chi connectivity index (χ3v) is 3.94. The van der Waals surface area contributed by atoms with Crippen LogP contribution in [0.2, 0.25) is 0 Å². The number of nitrogens with one attached hydrogen (secondary N) is 1. The number of para-hydroxylation sites is 2. The molecule has 1 N–H and O–H groups in total. The first-order valence-corrected chi connectivity index (χ1v) is 7.84. The highest BCUT2D eigenvalue weighted by Crippen LogP contribution is 2.22. The van der Waals surface area contributed by atoms with E-state index in [4.69, 9.17) is 0 Å². The number of aromatic nitrogens is 3. The number of ketones is 1.